The molecule has 0 aromatic carbocycles. The number of nitrogens with two attached hydrogens (primary N) is 1. The minimum absolute atomic E-state index is 0.0200. The Hall–Kier alpha value is -0.270. The zero-order valence-corrected chi connectivity index (χ0v) is 7.07. The van der Waals surface area contributed by atoms with Gasteiger partial charge in [0.2, 0.25) is 0 Å². The molecule has 4 atom stereocenters. The van der Waals surface area contributed by atoms with Gasteiger partial charge in [0.05, 0.1) is 6.61 Å². The number of ether oxygens (including phenoxy) is 1. The van der Waals surface area contributed by atoms with Crippen LogP contribution in [-0.4, -0.2) is 51.3 Å². The number of aliphatic hydroxyl groups is 3. The zero-order valence-electron chi connectivity index (χ0n) is 6.25. The monoisotopic (exact) mass is 193 g/mol. The van der Waals surface area contributed by atoms with Gasteiger partial charge in [-0.05, 0) is 0 Å². The summed E-state index contributed by atoms with van der Waals surface area (Å²) in [7, 11) is 0. The summed E-state index contributed by atoms with van der Waals surface area (Å²) in [6.45, 7) is -0.0692. The summed E-state index contributed by atoms with van der Waals surface area (Å²) in [5, 5.41) is 27.5. The first-order chi connectivity index (χ1) is 5.54. The van der Waals surface area contributed by atoms with Crippen molar-refractivity contribution in [2.24, 2.45) is 5.73 Å². The van der Waals surface area contributed by atoms with Gasteiger partial charge in [-0.25, -0.2) is 0 Å². The molecule has 0 saturated carbocycles. The van der Waals surface area contributed by atoms with Crippen molar-refractivity contribution in [1.82, 2.24) is 0 Å². The Balaban J connectivity index is 2.65. The Morgan fingerprint density at radius 1 is 1.33 bits per heavy atom. The highest BCUT2D eigenvalue weighted by molar-refractivity contribution is 7.80. The van der Waals surface area contributed by atoms with Gasteiger partial charge in [0.1, 0.15) is 29.4 Å². The molecule has 1 heterocycles. The SMILES string of the molecule is NC(=S)[C@@H]1OC[C@H](O)[C@H](O)[C@H]1O. The first-order valence-corrected chi connectivity index (χ1v) is 3.90. The molecule has 0 amide bonds. The summed E-state index contributed by atoms with van der Waals surface area (Å²) in [5.74, 6) is 0. The van der Waals surface area contributed by atoms with Crippen LogP contribution in [0.1, 0.15) is 0 Å². The minimum Gasteiger partial charge on any atom is -0.391 e. The average molecular weight is 193 g/mol. The normalized spacial score (nSPS) is 42.6. The summed E-state index contributed by atoms with van der Waals surface area (Å²) in [5.41, 5.74) is 5.22. The number of aliphatic hydroxyl groups excluding tert-OH is 3. The highest BCUT2D eigenvalue weighted by Gasteiger charge is 2.38. The van der Waals surface area contributed by atoms with Crippen LogP contribution in [0.4, 0.5) is 0 Å². The molecular weight excluding hydrogens is 182 g/mol. The van der Waals surface area contributed by atoms with Crippen LogP contribution in [0.25, 0.3) is 0 Å². The lowest BCUT2D eigenvalue weighted by Crippen LogP contribution is -2.56. The predicted octanol–water partition coefficient (Wildman–Crippen LogP) is -2.25. The van der Waals surface area contributed by atoms with Crippen LogP contribution in [-0.2, 0) is 4.74 Å². The van der Waals surface area contributed by atoms with Crippen molar-refractivity contribution in [3.05, 3.63) is 0 Å². The molecule has 1 aliphatic rings. The van der Waals surface area contributed by atoms with E-state index in [0.717, 1.165) is 0 Å². The van der Waals surface area contributed by atoms with Crippen LogP contribution in [0.5, 0.6) is 0 Å². The van der Waals surface area contributed by atoms with Gasteiger partial charge in [-0.3, -0.25) is 0 Å². The van der Waals surface area contributed by atoms with E-state index in [-0.39, 0.29) is 11.6 Å². The van der Waals surface area contributed by atoms with Crippen LogP contribution in [0, 0.1) is 0 Å². The molecule has 12 heavy (non-hydrogen) atoms. The Bertz CT molecular complexity index is 188. The van der Waals surface area contributed by atoms with Gasteiger partial charge in [-0.1, -0.05) is 12.2 Å². The number of hydrogen-bond acceptors (Lipinski definition) is 5. The fourth-order valence-corrected chi connectivity index (χ4v) is 1.26. The van der Waals surface area contributed by atoms with E-state index in [0.29, 0.717) is 0 Å². The van der Waals surface area contributed by atoms with Crippen molar-refractivity contribution in [3.63, 3.8) is 0 Å². The number of hydrogen-bond donors (Lipinski definition) is 4. The maximum Gasteiger partial charge on any atom is 0.136 e. The van der Waals surface area contributed by atoms with E-state index in [2.05, 4.69) is 12.2 Å². The second kappa shape index (κ2) is 3.63. The van der Waals surface area contributed by atoms with Gasteiger partial charge < -0.3 is 25.8 Å². The van der Waals surface area contributed by atoms with Crippen molar-refractivity contribution >= 4 is 17.2 Å². The third-order valence-corrected chi connectivity index (χ3v) is 2.01. The molecule has 0 bridgehead atoms. The lowest BCUT2D eigenvalue weighted by Gasteiger charge is -2.34. The molecule has 0 radical (unpaired) electrons. The molecule has 5 N–H and O–H groups in total. The van der Waals surface area contributed by atoms with Gasteiger partial charge in [0.25, 0.3) is 0 Å². The van der Waals surface area contributed by atoms with Gasteiger partial charge in [-0.2, -0.15) is 0 Å². The van der Waals surface area contributed by atoms with Crippen molar-refractivity contribution in [2.75, 3.05) is 6.61 Å². The van der Waals surface area contributed by atoms with E-state index in [1.165, 1.54) is 0 Å². The molecule has 1 saturated heterocycles. The molecular formula is C6H11NO4S. The number of thiocarbonyl (C=S) groups is 1. The summed E-state index contributed by atoms with van der Waals surface area (Å²) in [4.78, 5) is -0.0200. The van der Waals surface area contributed by atoms with Gasteiger partial charge >= 0.3 is 0 Å². The second-order valence-electron chi connectivity index (χ2n) is 2.70. The van der Waals surface area contributed by atoms with Crippen molar-refractivity contribution in [1.29, 1.82) is 0 Å². The van der Waals surface area contributed by atoms with E-state index in [1.54, 1.807) is 0 Å². The van der Waals surface area contributed by atoms with Crippen molar-refractivity contribution in [3.8, 4) is 0 Å². The fraction of sp³-hybridized carbons (Fsp3) is 0.833. The fourth-order valence-electron chi connectivity index (χ4n) is 1.06. The van der Waals surface area contributed by atoms with Gasteiger partial charge in [0, 0.05) is 0 Å². The largest absolute Gasteiger partial charge is 0.391 e. The maximum atomic E-state index is 9.28. The molecule has 0 aromatic heterocycles. The van der Waals surface area contributed by atoms with Gasteiger partial charge in [-0.15, -0.1) is 0 Å². The number of rotatable bonds is 1. The maximum absolute atomic E-state index is 9.28. The van der Waals surface area contributed by atoms with Crippen LogP contribution in [0.3, 0.4) is 0 Å². The second-order valence-corrected chi connectivity index (χ2v) is 3.18. The minimum atomic E-state index is -1.25. The summed E-state index contributed by atoms with van der Waals surface area (Å²) < 4.78 is 4.91. The lowest BCUT2D eigenvalue weighted by molar-refractivity contribution is -0.167. The molecule has 1 rings (SSSR count). The van der Waals surface area contributed by atoms with Crippen LogP contribution in [0.15, 0.2) is 0 Å². The summed E-state index contributed by atoms with van der Waals surface area (Å²) in [6.07, 6.45) is -4.43. The van der Waals surface area contributed by atoms with Crippen LogP contribution < -0.4 is 5.73 Å². The topological polar surface area (TPSA) is 95.9 Å². The average Bonchev–Trinajstić information content (AvgIpc) is 2.00. The van der Waals surface area contributed by atoms with Crippen molar-refractivity contribution in [2.45, 2.75) is 24.4 Å². The molecule has 70 valence electrons. The third-order valence-electron chi connectivity index (χ3n) is 1.78. The van der Waals surface area contributed by atoms with E-state index < -0.39 is 24.4 Å². The summed E-state index contributed by atoms with van der Waals surface area (Å²) in [6, 6.07) is 0. The molecule has 0 aliphatic carbocycles. The van der Waals surface area contributed by atoms with E-state index in [4.69, 9.17) is 15.6 Å². The van der Waals surface area contributed by atoms with Crippen molar-refractivity contribution < 1.29 is 20.1 Å². The molecule has 5 nitrogen and oxygen atoms in total. The smallest absolute Gasteiger partial charge is 0.136 e. The van der Waals surface area contributed by atoms with E-state index in [9.17, 15) is 10.2 Å². The van der Waals surface area contributed by atoms with Gasteiger partial charge in [0.15, 0.2) is 0 Å². The Morgan fingerprint density at radius 2 is 1.92 bits per heavy atom. The Labute approximate surface area is 74.8 Å². The van der Waals surface area contributed by atoms with Crippen LogP contribution in [0.2, 0.25) is 0 Å². The first-order valence-electron chi connectivity index (χ1n) is 3.49. The Morgan fingerprint density at radius 3 is 2.42 bits per heavy atom. The molecule has 0 unspecified atom stereocenters. The molecule has 1 aliphatic heterocycles. The predicted molar refractivity (Wildman–Crippen MR) is 44.5 cm³/mol. The molecule has 6 heteroatoms. The van der Waals surface area contributed by atoms with E-state index in [1.807, 2.05) is 0 Å². The quantitative estimate of drug-likeness (QED) is 0.351. The summed E-state index contributed by atoms with van der Waals surface area (Å²) >= 11 is 4.58. The molecule has 0 spiro atoms. The zero-order chi connectivity index (χ0) is 9.30. The standard InChI is InChI=1S/C6H11NO4S/c7-6(12)5-4(10)3(9)2(8)1-11-5/h2-5,8-10H,1H2,(H2,7,12)/t2-,3-,4+,5+/m0/s1. The first kappa shape index (κ1) is 9.82. The molecule has 0 aromatic rings. The molecule has 1 fully saturated rings. The highest BCUT2D eigenvalue weighted by atomic mass is 32.1. The Kier molecular flexibility index (Phi) is 2.97. The lowest BCUT2D eigenvalue weighted by atomic mass is 10.0. The third kappa shape index (κ3) is 1.73. The highest BCUT2D eigenvalue weighted by Crippen LogP contribution is 2.15. The van der Waals surface area contributed by atoms with E-state index >= 15 is 0 Å². The van der Waals surface area contributed by atoms with Crippen LogP contribution >= 0.6 is 12.2 Å².